The molecular formula is C8H19N. The summed E-state index contributed by atoms with van der Waals surface area (Å²) in [6.45, 7) is 4.00. The average molecular weight is 129 g/mol. The van der Waals surface area contributed by atoms with E-state index < -0.39 is 0 Å². The Balaban J connectivity index is -0.0000000836. The number of nitrogens with one attached hydrogen (secondary N) is 1. The van der Waals surface area contributed by atoms with E-state index in [0.717, 1.165) is 0 Å². The van der Waals surface area contributed by atoms with Crippen LogP contribution in [0.15, 0.2) is 24.5 Å². The van der Waals surface area contributed by atoms with E-state index in [1.165, 1.54) is 0 Å². The van der Waals surface area contributed by atoms with Crippen LogP contribution >= 0.6 is 0 Å². The first kappa shape index (κ1) is 15.7. The molecule has 0 saturated carbocycles. The monoisotopic (exact) mass is 129 g/mol. The minimum Gasteiger partial charge on any atom is -0.368 e. The molecule has 0 bridgehead atoms. The average Bonchev–Trinajstić information content (AvgIpc) is 2.23. The first-order valence-electron chi connectivity index (χ1n) is 2.58. The summed E-state index contributed by atoms with van der Waals surface area (Å²) in [5.41, 5.74) is 0. The highest BCUT2D eigenvalue weighted by Gasteiger charge is 1.55. The van der Waals surface area contributed by atoms with Gasteiger partial charge in [-0.05, 0) is 12.1 Å². The number of hydrogen-bond acceptors (Lipinski definition) is 0. The van der Waals surface area contributed by atoms with Crippen LogP contribution in [0.4, 0.5) is 0 Å². The molecule has 0 unspecified atom stereocenters. The SMILES string of the molecule is C.C.CC.c1cc[nH]c1. The molecule has 0 atom stereocenters. The number of hydrogen-bond donors (Lipinski definition) is 1. The molecule has 1 rings (SSSR count). The van der Waals surface area contributed by atoms with Gasteiger partial charge in [-0.3, -0.25) is 0 Å². The Labute approximate surface area is 59.1 Å². The summed E-state index contributed by atoms with van der Waals surface area (Å²) in [7, 11) is 0. The van der Waals surface area contributed by atoms with Gasteiger partial charge >= 0.3 is 0 Å². The number of aromatic nitrogens is 1. The Hall–Kier alpha value is -0.720. The van der Waals surface area contributed by atoms with Crippen molar-refractivity contribution < 1.29 is 0 Å². The van der Waals surface area contributed by atoms with Crippen LogP contribution in [-0.2, 0) is 0 Å². The van der Waals surface area contributed by atoms with Crippen LogP contribution in [-0.4, -0.2) is 4.98 Å². The van der Waals surface area contributed by atoms with E-state index in [0.29, 0.717) is 0 Å². The number of rotatable bonds is 0. The highest BCUT2D eigenvalue weighted by Crippen LogP contribution is 1.72. The second-order valence-corrected chi connectivity index (χ2v) is 0.885. The minimum absolute atomic E-state index is 0. The van der Waals surface area contributed by atoms with E-state index >= 15 is 0 Å². The number of H-pyrrole nitrogens is 1. The van der Waals surface area contributed by atoms with E-state index in [2.05, 4.69) is 4.98 Å². The third-order valence-corrected chi connectivity index (χ3v) is 0.496. The molecule has 1 heteroatoms. The Morgan fingerprint density at radius 2 is 1.22 bits per heavy atom. The molecule has 0 spiro atoms. The van der Waals surface area contributed by atoms with Crippen molar-refractivity contribution >= 4 is 0 Å². The first-order chi connectivity index (χ1) is 3.50. The third-order valence-electron chi connectivity index (χ3n) is 0.496. The van der Waals surface area contributed by atoms with E-state index in [-0.39, 0.29) is 14.9 Å². The van der Waals surface area contributed by atoms with Crippen LogP contribution in [0.1, 0.15) is 28.7 Å². The van der Waals surface area contributed by atoms with Crippen molar-refractivity contribution in [1.82, 2.24) is 4.98 Å². The van der Waals surface area contributed by atoms with Gasteiger partial charge in [0.15, 0.2) is 0 Å². The van der Waals surface area contributed by atoms with Crippen LogP contribution in [0.3, 0.4) is 0 Å². The maximum atomic E-state index is 2.86. The molecule has 0 fully saturated rings. The second kappa shape index (κ2) is 15.7. The Morgan fingerprint density at radius 3 is 1.33 bits per heavy atom. The summed E-state index contributed by atoms with van der Waals surface area (Å²) in [5.74, 6) is 0. The second-order valence-electron chi connectivity index (χ2n) is 0.885. The zero-order valence-corrected chi connectivity index (χ0v) is 4.81. The van der Waals surface area contributed by atoms with Crippen LogP contribution in [0.5, 0.6) is 0 Å². The molecule has 0 saturated heterocycles. The molecule has 1 heterocycles. The highest BCUT2D eigenvalue weighted by molar-refractivity contribution is 4.84. The molecule has 0 amide bonds. The van der Waals surface area contributed by atoms with Crippen molar-refractivity contribution in [2.24, 2.45) is 0 Å². The lowest BCUT2D eigenvalue weighted by Gasteiger charge is -1.49. The van der Waals surface area contributed by atoms with Crippen molar-refractivity contribution in [2.45, 2.75) is 28.7 Å². The molecule has 0 aliphatic rings. The lowest BCUT2D eigenvalue weighted by atomic mass is 10.7. The first-order valence-corrected chi connectivity index (χ1v) is 2.58. The summed E-state index contributed by atoms with van der Waals surface area (Å²) in [6, 6.07) is 3.89. The normalized spacial score (nSPS) is 5.11. The van der Waals surface area contributed by atoms with Gasteiger partial charge in [0, 0.05) is 12.4 Å². The summed E-state index contributed by atoms with van der Waals surface area (Å²) in [6.07, 6.45) is 3.75. The van der Waals surface area contributed by atoms with Gasteiger partial charge in [-0.25, -0.2) is 0 Å². The van der Waals surface area contributed by atoms with Gasteiger partial charge in [0.2, 0.25) is 0 Å². The van der Waals surface area contributed by atoms with Crippen LogP contribution in [0, 0.1) is 0 Å². The topological polar surface area (TPSA) is 15.8 Å². The van der Waals surface area contributed by atoms with Crippen molar-refractivity contribution in [3.8, 4) is 0 Å². The maximum Gasteiger partial charge on any atom is 0.000496 e. The molecule has 1 nitrogen and oxygen atoms in total. The molecule has 0 radical (unpaired) electrons. The van der Waals surface area contributed by atoms with Crippen LogP contribution in [0.2, 0.25) is 0 Å². The fourth-order valence-corrected chi connectivity index (χ4v) is 0.278. The maximum absolute atomic E-state index is 2.86. The van der Waals surface area contributed by atoms with Gasteiger partial charge in [0.1, 0.15) is 0 Å². The summed E-state index contributed by atoms with van der Waals surface area (Å²) in [4.78, 5) is 2.86. The Morgan fingerprint density at radius 1 is 0.889 bits per heavy atom. The zero-order valence-electron chi connectivity index (χ0n) is 4.81. The standard InChI is InChI=1S/C4H5N.C2H6.2CH4/c1-2-4-5-3-1;1-2;;/h1-5H;1-2H3;2*1H4. The molecule has 1 N–H and O–H groups in total. The minimum atomic E-state index is 0. The Kier molecular flexibility index (Phi) is 27.4. The van der Waals surface area contributed by atoms with Gasteiger partial charge in [-0.1, -0.05) is 28.7 Å². The van der Waals surface area contributed by atoms with Crippen molar-refractivity contribution in [2.75, 3.05) is 0 Å². The van der Waals surface area contributed by atoms with E-state index in [9.17, 15) is 0 Å². The molecule has 1 aromatic heterocycles. The van der Waals surface area contributed by atoms with Gasteiger partial charge in [0.25, 0.3) is 0 Å². The van der Waals surface area contributed by atoms with Crippen LogP contribution < -0.4 is 0 Å². The number of aromatic amines is 1. The molecular weight excluding hydrogens is 110 g/mol. The molecule has 0 aromatic carbocycles. The molecule has 0 aliphatic carbocycles. The third kappa shape index (κ3) is 11.1. The molecule has 0 aliphatic heterocycles. The predicted molar refractivity (Wildman–Crippen MR) is 45.6 cm³/mol. The smallest absolute Gasteiger partial charge is 0.000496 e. The van der Waals surface area contributed by atoms with Crippen LogP contribution in [0.25, 0.3) is 0 Å². The summed E-state index contributed by atoms with van der Waals surface area (Å²) < 4.78 is 0. The predicted octanol–water partition coefficient (Wildman–Crippen LogP) is 3.31. The van der Waals surface area contributed by atoms with E-state index in [1.807, 2.05) is 38.4 Å². The van der Waals surface area contributed by atoms with Gasteiger partial charge in [-0.15, -0.1) is 0 Å². The quantitative estimate of drug-likeness (QED) is 0.553. The van der Waals surface area contributed by atoms with E-state index in [1.54, 1.807) is 0 Å². The fourth-order valence-electron chi connectivity index (χ4n) is 0.278. The van der Waals surface area contributed by atoms with Crippen molar-refractivity contribution in [1.29, 1.82) is 0 Å². The van der Waals surface area contributed by atoms with Gasteiger partial charge in [0.05, 0.1) is 0 Å². The molecule has 56 valence electrons. The summed E-state index contributed by atoms with van der Waals surface area (Å²) in [5, 5.41) is 0. The fraction of sp³-hybridized carbons (Fsp3) is 0.500. The molecule has 9 heavy (non-hydrogen) atoms. The molecule has 1 aromatic rings. The summed E-state index contributed by atoms with van der Waals surface area (Å²) >= 11 is 0. The van der Waals surface area contributed by atoms with Gasteiger partial charge in [-0.2, -0.15) is 0 Å². The Bertz CT molecular complexity index is 61.0. The zero-order chi connectivity index (χ0) is 5.54. The van der Waals surface area contributed by atoms with Crippen molar-refractivity contribution in [3.63, 3.8) is 0 Å². The highest BCUT2D eigenvalue weighted by atomic mass is 14.6. The largest absolute Gasteiger partial charge is 0.368 e. The van der Waals surface area contributed by atoms with E-state index in [4.69, 9.17) is 0 Å². The lowest BCUT2D eigenvalue weighted by Crippen LogP contribution is -1.38. The van der Waals surface area contributed by atoms with Gasteiger partial charge < -0.3 is 4.98 Å². The van der Waals surface area contributed by atoms with Crippen molar-refractivity contribution in [3.05, 3.63) is 24.5 Å². The lowest BCUT2D eigenvalue weighted by molar-refractivity contribution is 1.42.